The van der Waals surface area contributed by atoms with Crippen LogP contribution in [0.5, 0.6) is 0 Å². The van der Waals surface area contributed by atoms with Gasteiger partial charge in [0.05, 0.1) is 0 Å². The van der Waals surface area contributed by atoms with Gasteiger partial charge in [0.15, 0.2) is 0 Å². The Kier molecular flexibility index (Phi) is 6.85. The molecule has 0 radical (unpaired) electrons. The normalized spacial score (nSPS) is 4.80. The Hall–Kier alpha value is -0.133. The van der Waals surface area contributed by atoms with Crippen molar-refractivity contribution < 1.29 is 33.9 Å². The number of carbonyl (C=O) groups excluding carboxylic acids is 1. The molecule has 0 aromatic rings. The first-order valence-electron chi connectivity index (χ1n) is 0.612. The molecule has 0 atom stereocenters. The van der Waals surface area contributed by atoms with E-state index in [1.807, 2.05) is 0 Å². The maximum absolute atomic E-state index is 8.33. The monoisotopic (exact) mass is 67.0 g/mol. The zero-order chi connectivity index (χ0) is 3.58. The quantitative estimate of drug-likeness (QED) is 0.265. The summed E-state index contributed by atoms with van der Waals surface area (Å²) >= 11 is 0. The molecule has 0 aromatic heterocycles. The molecule has 0 saturated heterocycles. The van der Waals surface area contributed by atoms with Gasteiger partial charge in [-0.1, -0.05) is 0 Å². The molecule has 5 heavy (non-hydrogen) atoms. The summed E-state index contributed by atoms with van der Waals surface area (Å²) in [5, 5.41) is 16.7. The van der Waals surface area contributed by atoms with Crippen LogP contribution >= 0.6 is 0 Å². The Balaban J connectivity index is 0. The van der Waals surface area contributed by atoms with Gasteiger partial charge < -0.3 is 15.0 Å². The number of hydrogen-bond donors (Lipinski definition) is 0. The van der Waals surface area contributed by atoms with Gasteiger partial charge >= 0.3 is 18.9 Å². The first kappa shape index (κ1) is 8.85. The summed E-state index contributed by atoms with van der Waals surface area (Å²) in [4.78, 5) is 8.33. The Morgan fingerprint density at radius 3 is 1.40 bits per heavy atom. The molecule has 0 fully saturated rings. The minimum Gasteiger partial charge on any atom is -0.652 e. The molecular formula is CLiO3-. The van der Waals surface area contributed by atoms with Gasteiger partial charge in [-0.2, -0.15) is 0 Å². The van der Waals surface area contributed by atoms with E-state index in [1.54, 1.807) is 0 Å². The fourth-order valence-corrected chi connectivity index (χ4v) is 0. The van der Waals surface area contributed by atoms with Gasteiger partial charge in [0, 0.05) is 0 Å². The topological polar surface area (TPSA) is 63.2 Å². The van der Waals surface area contributed by atoms with Crippen molar-refractivity contribution in [1.82, 2.24) is 0 Å². The van der Waals surface area contributed by atoms with Crippen molar-refractivity contribution in [2.45, 2.75) is 0 Å². The smallest absolute Gasteiger partial charge is 0.652 e. The Morgan fingerprint density at radius 2 is 1.40 bits per heavy atom. The fraction of sp³-hybridized carbons (Fsp3) is 0. The molecule has 0 amide bonds. The summed E-state index contributed by atoms with van der Waals surface area (Å²) in [6.07, 6.45) is -2.33. The molecule has 0 aromatic carbocycles. The summed E-state index contributed by atoms with van der Waals surface area (Å²) in [5.41, 5.74) is 0. The second-order valence-corrected chi connectivity index (χ2v) is 0.250. The molecule has 3 nitrogen and oxygen atoms in total. The summed E-state index contributed by atoms with van der Waals surface area (Å²) in [5.74, 6) is 0. The molecule has 0 heterocycles. The zero-order valence-electron chi connectivity index (χ0n) is 2.72. The van der Waals surface area contributed by atoms with E-state index >= 15 is 0 Å². The van der Waals surface area contributed by atoms with Crippen LogP contribution in [0.15, 0.2) is 0 Å². The van der Waals surface area contributed by atoms with Gasteiger partial charge in [-0.05, 0) is 6.16 Å². The summed E-state index contributed by atoms with van der Waals surface area (Å²) in [6, 6.07) is 0. The molecular weight excluding hydrogens is 66.9 g/mol. The SMILES string of the molecule is O=C([O-])[O-].[Li+]. The minimum absolute atomic E-state index is 0. The van der Waals surface area contributed by atoms with Gasteiger partial charge in [0.25, 0.3) is 0 Å². The minimum atomic E-state index is -2.33. The molecule has 0 aliphatic carbocycles. The molecule has 0 N–H and O–H groups in total. The zero-order valence-corrected chi connectivity index (χ0v) is 2.72. The van der Waals surface area contributed by atoms with Crippen LogP contribution in [0.1, 0.15) is 0 Å². The van der Waals surface area contributed by atoms with Gasteiger partial charge in [-0.25, -0.2) is 0 Å². The first-order chi connectivity index (χ1) is 1.73. The predicted octanol–water partition coefficient (Wildman–Crippen LogP) is -5.44. The van der Waals surface area contributed by atoms with Crippen LogP contribution in [-0.2, 0) is 0 Å². The van der Waals surface area contributed by atoms with E-state index in [0.717, 1.165) is 0 Å². The van der Waals surface area contributed by atoms with E-state index in [0.29, 0.717) is 0 Å². The fourth-order valence-electron chi connectivity index (χ4n) is 0. The maximum Gasteiger partial charge on any atom is 1.00 e. The maximum atomic E-state index is 8.33. The summed E-state index contributed by atoms with van der Waals surface area (Å²) in [6.45, 7) is 0. The molecule has 24 valence electrons. The number of carbonyl (C=O) groups is 1. The molecule has 0 saturated carbocycles. The largest absolute Gasteiger partial charge is 1.00 e. The van der Waals surface area contributed by atoms with E-state index in [9.17, 15) is 0 Å². The van der Waals surface area contributed by atoms with Crippen LogP contribution in [0.3, 0.4) is 0 Å². The Morgan fingerprint density at radius 1 is 1.40 bits per heavy atom. The molecule has 0 rings (SSSR count). The van der Waals surface area contributed by atoms with E-state index in [2.05, 4.69) is 0 Å². The van der Waals surface area contributed by atoms with Crippen molar-refractivity contribution in [2.75, 3.05) is 0 Å². The van der Waals surface area contributed by atoms with E-state index in [1.165, 1.54) is 0 Å². The van der Waals surface area contributed by atoms with Crippen molar-refractivity contribution in [2.24, 2.45) is 0 Å². The van der Waals surface area contributed by atoms with Gasteiger partial charge in [-0.3, -0.25) is 0 Å². The van der Waals surface area contributed by atoms with Crippen molar-refractivity contribution in [3.8, 4) is 0 Å². The van der Waals surface area contributed by atoms with Gasteiger partial charge in [0.2, 0.25) is 0 Å². The average molecular weight is 66.9 g/mol. The van der Waals surface area contributed by atoms with Crippen LogP contribution in [-0.4, -0.2) is 6.16 Å². The molecule has 0 spiro atoms. The summed E-state index contributed by atoms with van der Waals surface area (Å²) < 4.78 is 0. The third-order valence-corrected chi connectivity index (χ3v) is 0. The van der Waals surface area contributed by atoms with Crippen LogP contribution in [0.25, 0.3) is 0 Å². The van der Waals surface area contributed by atoms with Crippen LogP contribution in [0.4, 0.5) is 4.79 Å². The van der Waals surface area contributed by atoms with Crippen molar-refractivity contribution in [3.63, 3.8) is 0 Å². The third kappa shape index (κ3) is 767. The van der Waals surface area contributed by atoms with E-state index in [-0.39, 0.29) is 18.9 Å². The van der Waals surface area contributed by atoms with Gasteiger partial charge in [0.1, 0.15) is 0 Å². The second-order valence-electron chi connectivity index (χ2n) is 0.250. The van der Waals surface area contributed by atoms with Crippen LogP contribution in [0.2, 0.25) is 0 Å². The molecule has 0 unspecified atom stereocenters. The number of rotatable bonds is 0. The van der Waals surface area contributed by atoms with E-state index < -0.39 is 6.16 Å². The van der Waals surface area contributed by atoms with E-state index in [4.69, 9.17) is 15.0 Å². The number of carboxylic acid groups (broad SMARTS) is 2. The second kappa shape index (κ2) is 3.87. The van der Waals surface area contributed by atoms with Crippen molar-refractivity contribution in [1.29, 1.82) is 0 Å². The molecule has 0 aliphatic rings. The van der Waals surface area contributed by atoms with Crippen LogP contribution in [0, 0.1) is 0 Å². The Bertz CT molecular complexity index is 29.9. The summed E-state index contributed by atoms with van der Waals surface area (Å²) in [7, 11) is 0. The van der Waals surface area contributed by atoms with Crippen LogP contribution < -0.4 is 29.1 Å². The first-order valence-corrected chi connectivity index (χ1v) is 0.612. The van der Waals surface area contributed by atoms with Crippen molar-refractivity contribution in [3.05, 3.63) is 0 Å². The van der Waals surface area contributed by atoms with Crippen molar-refractivity contribution >= 4 is 6.16 Å². The molecule has 0 aliphatic heterocycles. The number of hydrogen-bond acceptors (Lipinski definition) is 3. The standard InChI is InChI=1S/CH2O3.Li/c2-1(3)4;/h(H2,2,3,4);/q;+1/p-2. The third-order valence-electron chi connectivity index (χ3n) is 0. The Labute approximate surface area is 40.8 Å². The predicted molar refractivity (Wildman–Crippen MR) is 5.40 cm³/mol. The van der Waals surface area contributed by atoms with Gasteiger partial charge in [-0.15, -0.1) is 0 Å². The molecule has 0 bridgehead atoms. The average Bonchev–Trinajstić information content (AvgIpc) is 0.811. The molecule has 4 heteroatoms.